The van der Waals surface area contributed by atoms with E-state index in [0.717, 1.165) is 0 Å². The Labute approximate surface area is 121 Å². The Balaban J connectivity index is -0.000000845. The van der Waals surface area contributed by atoms with Crippen LogP contribution in [-0.4, -0.2) is 25.2 Å². The van der Waals surface area contributed by atoms with Crippen molar-refractivity contribution >= 4 is 31.2 Å². The average Bonchev–Trinajstić information content (AvgIpc) is 2.21. The zero-order valence-corrected chi connectivity index (χ0v) is 15.3. The standard InChI is InChI=1S/C13H31P.HI.H3N/c1-5-8-11-14(4,12-9-6-2)13-10-7-3;;/h14H,5-13H2,1-4H3;1H;1H3. The molecule has 0 aliphatic rings. The van der Waals surface area contributed by atoms with Crippen LogP contribution in [0, 0.1) is 0 Å². The van der Waals surface area contributed by atoms with Crippen LogP contribution in [0.5, 0.6) is 0 Å². The number of unbranched alkanes of at least 4 members (excludes halogenated alkanes) is 3. The minimum atomic E-state index is -0.812. The van der Waals surface area contributed by atoms with Crippen LogP contribution >= 0.6 is 31.2 Å². The van der Waals surface area contributed by atoms with Crippen LogP contribution in [-0.2, 0) is 0 Å². The Morgan fingerprint density at radius 1 is 0.688 bits per heavy atom. The second-order valence-corrected chi connectivity index (χ2v) is 10.2. The van der Waals surface area contributed by atoms with E-state index in [9.17, 15) is 0 Å². The first-order chi connectivity index (χ1) is 6.68. The monoisotopic (exact) mass is 363 g/mol. The van der Waals surface area contributed by atoms with Crippen LogP contribution in [0.2, 0.25) is 0 Å². The third-order valence-electron chi connectivity index (χ3n) is 3.40. The van der Waals surface area contributed by atoms with E-state index in [0.29, 0.717) is 0 Å². The molecule has 0 heterocycles. The summed E-state index contributed by atoms with van der Waals surface area (Å²) in [6.07, 6.45) is 13.4. The molecule has 0 spiro atoms. The topological polar surface area (TPSA) is 35.0 Å². The molecule has 0 fully saturated rings. The Hall–Kier alpha value is 1.12. The van der Waals surface area contributed by atoms with Crippen molar-refractivity contribution in [1.29, 1.82) is 0 Å². The largest absolute Gasteiger partial charge is 0.344 e. The van der Waals surface area contributed by atoms with Gasteiger partial charge in [0.2, 0.25) is 0 Å². The predicted molar refractivity (Wildman–Crippen MR) is 94.0 cm³/mol. The molecule has 0 bridgehead atoms. The van der Waals surface area contributed by atoms with Gasteiger partial charge in [-0.3, -0.25) is 0 Å². The van der Waals surface area contributed by atoms with Crippen molar-refractivity contribution in [3.05, 3.63) is 0 Å². The Morgan fingerprint density at radius 3 is 1.12 bits per heavy atom. The van der Waals surface area contributed by atoms with Gasteiger partial charge in [0.15, 0.2) is 0 Å². The molecule has 0 atom stereocenters. The third kappa shape index (κ3) is 11.6. The minimum absolute atomic E-state index is 0. The molecular formula is C13H35INP. The smallest absolute Gasteiger partial charge is 0.107 e. The van der Waals surface area contributed by atoms with Gasteiger partial charge in [0.05, 0.1) is 0 Å². The van der Waals surface area contributed by atoms with E-state index in [-0.39, 0.29) is 30.1 Å². The normalized spacial score (nSPS) is 11.5. The second kappa shape index (κ2) is 14.2. The molecule has 0 saturated carbocycles. The molecule has 0 saturated heterocycles. The second-order valence-electron chi connectivity index (χ2n) is 5.12. The summed E-state index contributed by atoms with van der Waals surface area (Å²) in [5.74, 6) is 0. The van der Waals surface area contributed by atoms with E-state index in [4.69, 9.17) is 0 Å². The molecule has 1 nitrogen and oxygen atoms in total. The Morgan fingerprint density at radius 2 is 0.938 bits per heavy atom. The zero-order valence-electron chi connectivity index (χ0n) is 12.0. The number of hydrogen-bond donors (Lipinski definition) is 1. The van der Waals surface area contributed by atoms with Gasteiger partial charge in [-0.05, 0) is 0 Å². The molecule has 0 aromatic rings. The SMILES string of the molecule is CCCC[PH](C)(CCCC)CCCC.I.N. The van der Waals surface area contributed by atoms with E-state index in [1.807, 2.05) is 0 Å². The Bertz CT molecular complexity index is 109. The first-order valence-electron chi connectivity index (χ1n) is 6.68. The van der Waals surface area contributed by atoms with Gasteiger partial charge in [0.25, 0.3) is 0 Å². The fourth-order valence-corrected chi connectivity index (χ4v) is 6.56. The van der Waals surface area contributed by atoms with Crippen molar-refractivity contribution < 1.29 is 0 Å². The van der Waals surface area contributed by atoms with E-state index < -0.39 is 7.26 Å². The van der Waals surface area contributed by atoms with E-state index in [1.54, 1.807) is 18.5 Å². The van der Waals surface area contributed by atoms with Gasteiger partial charge in [0, 0.05) is 0 Å². The number of rotatable bonds is 9. The van der Waals surface area contributed by atoms with Crippen LogP contribution in [0.3, 0.4) is 0 Å². The Kier molecular flexibility index (Phi) is 19.8. The molecule has 16 heavy (non-hydrogen) atoms. The summed E-state index contributed by atoms with van der Waals surface area (Å²) < 4.78 is 0. The van der Waals surface area contributed by atoms with Crippen LogP contribution in [0.4, 0.5) is 0 Å². The van der Waals surface area contributed by atoms with Gasteiger partial charge in [0.1, 0.15) is 0 Å². The molecule has 0 aliphatic heterocycles. The van der Waals surface area contributed by atoms with Crippen LogP contribution in [0.1, 0.15) is 59.3 Å². The van der Waals surface area contributed by atoms with Gasteiger partial charge >= 0.3 is 91.7 Å². The fourth-order valence-electron chi connectivity index (χ4n) is 2.19. The average molecular weight is 363 g/mol. The zero-order chi connectivity index (χ0) is 10.9. The van der Waals surface area contributed by atoms with Crippen LogP contribution in [0.25, 0.3) is 0 Å². The summed E-state index contributed by atoms with van der Waals surface area (Å²) in [6, 6.07) is 0. The van der Waals surface area contributed by atoms with E-state index in [2.05, 4.69) is 27.4 Å². The van der Waals surface area contributed by atoms with Gasteiger partial charge in [-0.15, -0.1) is 24.0 Å². The number of halogens is 1. The van der Waals surface area contributed by atoms with Crippen LogP contribution in [0.15, 0.2) is 0 Å². The van der Waals surface area contributed by atoms with E-state index >= 15 is 0 Å². The summed E-state index contributed by atoms with van der Waals surface area (Å²) in [5, 5.41) is 0. The molecule has 0 radical (unpaired) electrons. The van der Waals surface area contributed by atoms with Gasteiger partial charge in [-0.25, -0.2) is 0 Å². The summed E-state index contributed by atoms with van der Waals surface area (Å²) >= 11 is 0. The van der Waals surface area contributed by atoms with Gasteiger partial charge in [-0.1, -0.05) is 0 Å². The maximum atomic E-state index is 2.65. The summed E-state index contributed by atoms with van der Waals surface area (Å²) in [7, 11) is -0.812. The molecule has 0 rings (SSSR count). The van der Waals surface area contributed by atoms with E-state index in [1.165, 1.54) is 38.5 Å². The molecule has 3 N–H and O–H groups in total. The summed E-state index contributed by atoms with van der Waals surface area (Å²) in [4.78, 5) is 0. The predicted octanol–water partition coefficient (Wildman–Crippen LogP) is 5.55. The van der Waals surface area contributed by atoms with Crippen molar-refractivity contribution in [3.8, 4) is 0 Å². The molecule has 104 valence electrons. The maximum Gasteiger partial charge on any atom is -0.107 e. The fraction of sp³-hybridized carbons (Fsp3) is 1.00. The quantitative estimate of drug-likeness (QED) is 0.423. The first-order valence-corrected chi connectivity index (χ1v) is 9.80. The molecular weight excluding hydrogens is 328 g/mol. The number of hydrogen-bond acceptors (Lipinski definition) is 1. The maximum absolute atomic E-state index is 2.65. The van der Waals surface area contributed by atoms with Crippen molar-refractivity contribution in [1.82, 2.24) is 6.15 Å². The van der Waals surface area contributed by atoms with Gasteiger partial charge in [-0.2, -0.15) is 0 Å². The van der Waals surface area contributed by atoms with Gasteiger partial charge < -0.3 is 6.15 Å². The molecule has 0 aliphatic carbocycles. The van der Waals surface area contributed by atoms with Crippen molar-refractivity contribution in [3.63, 3.8) is 0 Å². The molecule has 0 aromatic heterocycles. The third-order valence-corrected chi connectivity index (χ3v) is 8.08. The molecule has 0 unspecified atom stereocenters. The summed E-state index contributed by atoms with van der Waals surface area (Å²) in [6.45, 7) is 9.63. The van der Waals surface area contributed by atoms with Crippen LogP contribution < -0.4 is 6.15 Å². The summed E-state index contributed by atoms with van der Waals surface area (Å²) in [5.41, 5.74) is 0. The van der Waals surface area contributed by atoms with Crippen molar-refractivity contribution in [2.75, 3.05) is 25.2 Å². The minimum Gasteiger partial charge on any atom is -0.344 e. The molecule has 0 amide bonds. The van der Waals surface area contributed by atoms with Crippen molar-refractivity contribution in [2.45, 2.75) is 59.3 Å². The van der Waals surface area contributed by atoms with Crippen molar-refractivity contribution in [2.24, 2.45) is 0 Å². The molecule has 0 aromatic carbocycles. The first kappa shape index (κ1) is 22.3. The molecule has 3 heteroatoms.